The molecule has 3 aromatic rings. The van der Waals surface area contributed by atoms with Gasteiger partial charge in [0.15, 0.2) is 0 Å². The molecular formula is C20H22N4O2S. The molecule has 1 aliphatic rings. The van der Waals surface area contributed by atoms with Gasteiger partial charge in [-0.15, -0.1) is 0 Å². The third-order valence-electron chi connectivity index (χ3n) is 4.97. The Morgan fingerprint density at radius 1 is 1.11 bits per heavy atom. The molecular weight excluding hydrogens is 360 g/mol. The molecule has 27 heavy (non-hydrogen) atoms. The summed E-state index contributed by atoms with van der Waals surface area (Å²) in [6, 6.07) is 9.27. The van der Waals surface area contributed by atoms with E-state index in [1.807, 2.05) is 35.0 Å². The molecule has 1 saturated heterocycles. The highest BCUT2D eigenvalue weighted by Crippen LogP contribution is 2.14. The Kier molecular flexibility index (Phi) is 5.31. The normalized spacial score (nSPS) is 14.7. The van der Waals surface area contributed by atoms with Gasteiger partial charge in [-0.25, -0.2) is 4.68 Å². The minimum atomic E-state index is -0.128. The number of thiophene rings is 1. The van der Waals surface area contributed by atoms with E-state index in [0.717, 1.165) is 30.7 Å². The quantitative estimate of drug-likeness (QED) is 0.711. The van der Waals surface area contributed by atoms with Crippen LogP contribution in [0.2, 0.25) is 0 Å². The van der Waals surface area contributed by atoms with E-state index < -0.39 is 0 Å². The van der Waals surface area contributed by atoms with Crippen LogP contribution < -0.4 is 10.9 Å². The van der Waals surface area contributed by atoms with Crippen LogP contribution in [0.4, 0.5) is 0 Å². The molecule has 7 heteroatoms. The van der Waals surface area contributed by atoms with E-state index >= 15 is 0 Å². The van der Waals surface area contributed by atoms with E-state index in [1.54, 1.807) is 10.7 Å². The number of aromatic nitrogens is 2. The Balaban J connectivity index is 1.59. The fraction of sp³-hybridized carbons (Fsp3) is 0.350. The van der Waals surface area contributed by atoms with E-state index in [4.69, 9.17) is 0 Å². The van der Waals surface area contributed by atoms with Crippen molar-refractivity contribution in [3.05, 3.63) is 62.7 Å². The Morgan fingerprint density at radius 3 is 2.63 bits per heavy atom. The first-order chi connectivity index (χ1) is 13.2. The summed E-state index contributed by atoms with van der Waals surface area (Å²) in [5, 5.41) is 12.6. The van der Waals surface area contributed by atoms with Crippen molar-refractivity contribution in [2.24, 2.45) is 0 Å². The molecule has 4 rings (SSSR count). The number of carbonyl (C=O) groups excluding carboxylic acids is 1. The molecule has 1 N–H and O–H groups in total. The van der Waals surface area contributed by atoms with Gasteiger partial charge in [-0.2, -0.15) is 16.4 Å². The number of benzene rings is 1. The summed E-state index contributed by atoms with van der Waals surface area (Å²) in [4.78, 5) is 27.4. The van der Waals surface area contributed by atoms with Crippen molar-refractivity contribution in [3.8, 4) is 0 Å². The smallest absolute Gasteiger partial charge is 0.274 e. The van der Waals surface area contributed by atoms with Gasteiger partial charge in [0.2, 0.25) is 0 Å². The second-order valence-corrected chi connectivity index (χ2v) is 7.54. The molecule has 0 atom stereocenters. The summed E-state index contributed by atoms with van der Waals surface area (Å²) < 4.78 is 1.55. The van der Waals surface area contributed by atoms with Crippen LogP contribution in [-0.2, 0) is 13.1 Å². The van der Waals surface area contributed by atoms with Gasteiger partial charge in [0.05, 0.1) is 24.2 Å². The molecule has 1 aromatic carbocycles. The lowest BCUT2D eigenvalue weighted by atomic mass is 10.1. The summed E-state index contributed by atoms with van der Waals surface area (Å²) in [5.41, 5.74) is 1.29. The van der Waals surface area contributed by atoms with Crippen molar-refractivity contribution in [2.45, 2.75) is 25.9 Å². The monoisotopic (exact) mass is 382 g/mol. The largest absolute Gasteiger partial charge is 0.346 e. The summed E-state index contributed by atoms with van der Waals surface area (Å²) >= 11 is 1.49. The Bertz CT molecular complexity index is 991. The molecule has 0 spiro atoms. The zero-order valence-corrected chi connectivity index (χ0v) is 15.9. The van der Waals surface area contributed by atoms with E-state index in [-0.39, 0.29) is 11.5 Å². The van der Waals surface area contributed by atoms with E-state index in [0.29, 0.717) is 24.0 Å². The van der Waals surface area contributed by atoms with Crippen molar-refractivity contribution in [1.29, 1.82) is 0 Å². The predicted molar refractivity (Wildman–Crippen MR) is 107 cm³/mol. The van der Waals surface area contributed by atoms with Gasteiger partial charge < -0.3 is 10.2 Å². The van der Waals surface area contributed by atoms with Crippen molar-refractivity contribution < 1.29 is 4.79 Å². The number of likely N-dealkylation sites (tertiary alicyclic amines) is 1. The van der Waals surface area contributed by atoms with Crippen LogP contribution in [0.15, 0.2) is 45.9 Å². The maximum atomic E-state index is 12.8. The number of carbonyl (C=O) groups is 1. The maximum absolute atomic E-state index is 12.8. The molecule has 3 heterocycles. The van der Waals surface area contributed by atoms with Crippen molar-refractivity contribution in [2.75, 3.05) is 19.6 Å². The Morgan fingerprint density at radius 2 is 1.89 bits per heavy atom. The number of amides is 1. The first-order valence-electron chi connectivity index (χ1n) is 9.24. The summed E-state index contributed by atoms with van der Waals surface area (Å²) in [5.74, 6) is -0.128. The van der Waals surface area contributed by atoms with E-state index in [1.165, 1.54) is 24.2 Å². The van der Waals surface area contributed by atoms with E-state index in [2.05, 4.69) is 15.3 Å². The van der Waals surface area contributed by atoms with Gasteiger partial charge in [0, 0.05) is 22.9 Å². The van der Waals surface area contributed by atoms with Crippen molar-refractivity contribution in [1.82, 2.24) is 20.0 Å². The molecule has 0 saturated carbocycles. The highest BCUT2D eigenvalue weighted by atomic mass is 32.1. The van der Waals surface area contributed by atoms with Crippen LogP contribution in [0, 0.1) is 0 Å². The number of nitrogens with one attached hydrogen (secondary N) is 1. The minimum Gasteiger partial charge on any atom is -0.346 e. The van der Waals surface area contributed by atoms with Gasteiger partial charge in [0.1, 0.15) is 0 Å². The Hall–Kier alpha value is -2.51. The lowest BCUT2D eigenvalue weighted by Crippen LogP contribution is -2.32. The van der Waals surface area contributed by atoms with Crippen molar-refractivity contribution >= 4 is 28.0 Å². The fourth-order valence-corrected chi connectivity index (χ4v) is 4.13. The highest BCUT2D eigenvalue weighted by Gasteiger charge is 2.15. The second kappa shape index (κ2) is 8.02. The van der Waals surface area contributed by atoms with Crippen LogP contribution in [0.5, 0.6) is 0 Å². The summed E-state index contributed by atoms with van der Waals surface area (Å²) in [6.07, 6.45) is 2.44. The summed E-state index contributed by atoms with van der Waals surface area (Å²) in [6.45, 7) is 3.86. The van der Waals surface area contributed by atoms with Gasteiger partial charge in [-0.1, -0.05) is 18.2 Å². The number of fused-ring (bicyclic) bond motifs is 1. The second-order valence-electron chi connectivity index (χ2n) is 6.76. The van der Waals surface area contributed by atoms with Crippen molar-refractivity contribution in [3.63, 3.8) is 0 Å². The molecule has 6 nitrogen and oxygen atoms in total. The van der Waals surface area contributed by atoms with Crippen LogP contribution in [0.3, 0.4) is 0 Å². The molecule has 0 bridgehead atoms. The molecule has 0 unspecified atom stereocenters. The van der Waals surface area contributed by atoms with E-state index in [9.17, 15) is 9.59 Å². The molecule has 2 aromatic heterocycles. The molecule has 1 aliphatic heterocycles. The van der Waals surface area contributed by atoms with Gasteiger partial charge in [-0.3, -0.25) is 9.59 Å². The lowest BCUT2D eigenvalue weighted by Gasteiger charge is -2.16. The third kappa shape index (κ3) is 3.94. The van der Waals surface area contributed by atoms with Crippen LogP contribution in [0.1, 0.15) is 28.9 Å². The minimum absolute atomic E-state index is 0.0716. The van der Waals surface area contributed by atoms with Gasteiger partial charge in [-0.05, 0) is 43.4 Å². The van der Waals surface area contributed by atoms with Crippen LogP contribution in [-0.4, -0.2) is 40.2 Å². The van der Waals surface area contributed by atoms with Gasteiger partial charge in [0.25, 0.3) is 11.5 Å². The number of hydrogen-bond donors (Lipinski definition) is 1. The topological polar surface area (TPSA) is 67.2 Å². The SMILES string of the molecule is O=C(NCc1nn(CCN2CCCC2)c(=O)c2ccccc12)c1ccsc1. The number of hydrogen-bond acceptors (Lipinski definition) is 5. The lowest BCUT2D eigenvalue weighted by molar-refractivity contribution is 0.0951. The standard InChI is InChI=1S/C20H22N4O2S/c25-19(15-7-12-27-14-15)21-13-18-16-5-1-2-6-17(16)20(26)24(22-18)11-10-23-8-3-4-9-23/h1-2,5-7,12,14H,3-4,8-11,13H2,(H,21,25). The molecule has 1 amide bonds. The van der Waals surface area contributed by atoms with Crippen LogP contribution >= 0.6 is 11.3 Å². The molecule has 0 aliphatic carbocycles. The predicted octanol–water partition coefficient (Wildman–Crippen LogP) is 2.48. The molecule has 0 radical (unpaired) electrons. The molecule has 1 fully saturated rings. The summed E-state index contributed by atoms with van der Waals surface area (Å²) in [7, 11) is 0. The van der Waals surface area contributed by atoms with Crippen LogP contribution in [0.25, 0.3) is 10.8 Å². The zero-order chi connectivity index (χ0) is 18.6. The Labute approximate surface area is 161 Å². The number of rotatable bonds is 6. The molecule has 140 valence electrons. The third-order valence-corrected chi connectivity index (χ3v) is 5.65. The first-order valence-corrected chi connectivity index (χ1v) is 10.2. The van der Waals surface area contributed by atoms with Gasteiger partial charge >= 0.3 is 0 Å². The zero-order valence-electron chi connectivity index (χ0n) is 15.1. The number of nitrogens with zero attached hydrogens (tertiary/aromatic N) is 3. The highest BCUT2D eigenvalue weighted by molar-refractivity contribution is 7.08. The maximum Gasteiger partial charge on any atom is 0.274 e. The first kappa shape index (κ1) is 17.9. The fourth-order valence-electron chi connectivity index (χ4n) is 3.49. The average molecular weight is 382 g/mol. The average Bonchev–Trinajstić information content (AvgIpc) is 3.40.